The van der Waals surface area contributed by atoms with Gasteiger partial charge in [-0.25, -0.2) is 9.13 Å². The zero-order valence-corrected chi connectivity index (χ0v) is 64.9. The standard InChI is InChI=1S/C81H142O17P2/c1-5-9-13-17-21-25-29-33-36-37-40-43-46-50-54-58-62-66-79(84)92-72-77(98-81(86)68-64-60-56-52-48-44-39-35-31-27-23-19-15-11-7-3)74-96-100(89,90)94-70-75(82)69-93-99(87,88)95-73-76(97-80(85)67-63-59-55-51-47-41-32-28-24-20-16-12-8-4)71-91-78(83)65-61-57-53-49-45-42-38-34-30-26-22-18-14-10-6-2/h21,23,25-27,30,33-36,38-40,43,50,54,75-77,82H,5-20,22,24,28-29,31-32,37,41-42,44-49,51-53,55-74H2,1-4H3,(H,87,88)(H,89,90)/b25-21-,27-23-,30-26-,36-33-,38-34-,39-35-,43-40-,54-50-/t75-,76-,77-/m1/s1. The second-order valence-corrected chi connectivity index (χ2v) is 29.2. The maximum Gasteiger partial charge on any atom is 0.472 e. The van der Waals surface area contributed by atoms with Crippen LogP contribution < -0.4 is 0 Å². The van der Waals surface area contributed by atoms with Gasteiger partial charge in [0, 0.05) is 25.7 Å². The van der Waals surface area contributed by atoms with Crippen molar-refractivity contribution in [1.29, 1.82) is 0 Å². The molecule has 2 unspecified atom stereocenters. The fourth-order valence-electron chi connectivity index (χ4n) is 10.5. The Balaban J connectivity index is 5.41. The van der Waals surface area contributed by atoms with E-state index in [-0.39, 0.29) is 25.7 Å². The second kappa shape index (κ2) is 73.3. The zero-order chi connectivity index (χ0) is 73.2. The number of unbranched alkanes of at least 4 members (excludes halogenated alkanes) is 33. The topological polar surface area (TPSA) is 237 Å². The van der Waals surface area contributed by atoms with Gasteiger partial charge in [-0.2, -0.15) is 0 Å². The van der Waals surface area contributed by atoms with Crippen LogP contribution in [0, 0.1) is 0 Å². The van der Waals surface area contributed by atoms with Crippen molar-refractivity contribution in [2.45, 2.75) is 354 Å². The third-order valence-corrected chi connectivity index (χ3v) is 18.4. The Morgan fingerprint density at radius 3 is 0.880 bits per heavy atom. The fourth-order valence-corrected chi connectivity index (χ4v) is 12.0. The van der Waals surface area contributed by atoms with Crippen molar-refractivity contribution in [3.05, 3.63) is 97.2 Å². The molecule has 3 N–H and O–H groups in total. The number of aliphatic hydroxyl groups is 1. The average molecular weight is 1450 g/mol. The van der Waals surface area contributed by atoms with Crippen LogP contribution >= 0.6 is 15.6 Å². The molecule has 0 spiro atoms. The van der Waals surface area contributed by atoms with Crippen molar-refractivity contribution in [2.24, 2.45) is 0 Å². The number of hydrogen-bond acceptors (Lipinski definition) is 15. The first-order valence-corrected chi connectivity index (χ1v) is 42.5. The van der Waals surface area contributed by atoms with E-state index < -0.39 is 97.5 Å². The van der Waals surface area contributed by atoms with Gasteiger partial charge in [0.05, 0.1) is 26.4 Å². The smallest absolute Gasteiger partial charge is 0.462 e. The third kappa shape index (κ3) is 72.3. The van der Waals surface area contributed by atoms with E-state index in [4.69, 9.17) is 37.0 Å². The van der Waals surface area contributed by atoms with Crippen LogP contribution in [0.1, 0.15) is 336 Å². The Hall–Kier alpha value is -4.02. The van der Waals surface area contributed by atoms with Gasteiger partial charge in [0.1, 0.15) is 19.3 Å². The fraction of sp³-hybridized carbons (Fsp3) is 0.753. The molecule has 0 saturated carbocycles. The highest BCUT2D eigenvalue weighted by Gasteiger charge is 2.30. The number of allylic oxidation sites excluding steroid dienone is 16. The first-order valence-electron chi connectivity index (χ1n) is 39.5. The number of ether oxygens (including phenoxy) is 4. The number of phosphoric ester groups is 2. The SMILES string of the molecule is CCCCC/C=C\C/C=C\C/C=C\C/C=C\CCCC(=O)OC[C@H](COP(=O)(O)OC[C@H](O)COP(=O)(O)OC[C@@H](COC(=O)CCCCCCC/C=C\C=C/CCCCCC)OC(=O)CCCCCCCCCCCCCCC)OC(=O)CCCCCCC/C=C\C/C=C\CCCCC. The van der Waals surface area contributed by atoms with Gasteiger partial charge in [-0.05, 0) is 122 Å². The Kier molecular flexibility index (Phi) is 70.4. The van der Waals surface area contributed by atoms with E-state index in [9.17, 15) is 43.2 Å². The Bertz CT molecular complexity index is 2270. The lowest BCUT2D eigenvalue weighted by Gasteiger charge is -2.21. The molecule has 0 aromatic heterocycles. The minimum absolute atomic E-state index is 0.0673. The molecule has 578 valence electrons. The van der Waals surface area contributed by atoms with E-state index in [1.54, 1.807) is 0 Å². The van der Waals surface area contributed by atoms with Crippen LogP contribution in [0.25, 0.3) is 0 Å². The van der Waals surface area contributed by atoms with Gasteiger partial charge in [0.2, 0.25) is 0 Å². The normalized spacial score (nSPS) is 14.4. The van der Waals surface area contributed by atoms with Gasteiger partial charge < -0.3 is 33.8 Å². The number of phosphoric acid groups is 2. The number of carbonyl (C=O) groups is 4. The predicted molar refractivity (Wildman–Crippen MR) is 409 cm³/mol. The Morgan fingerprint density at radius 1 is 0.290 bits per heavy atom. The number of hydrogen-bond donors (Lipinski definition) is 3. The number of rotatable bonds is 74. The minimum Gasteiger partial charge on any atom is -0.462 e. The van der Waals surface area contributed by atoms with E-state index in [2.05, 4.69) is 113 Å². The van der Waals surface area contributed by atoms with Crippen molar-refractivity contribution >= 4 is 39.5 Å². The molecule has 0 aliphatic rings. The lowest BCUT2D eigenvalue weighted by Crippen LogP contribution is -2.30. The molecule has 0 fully saturated rings. The molecule has 100 heavy (non-hydrogen) atoms. The molecular formula is C81H142O17P2. The first kappa shape index (κ1) is 96.0. The summed E-state index contributed by atoms with van der Waals surface area (Å²) in [4.78, 5) is 72.9. The first-order chi connectivity index (χ1) is 48.7. The van der Waals surface area contributed by atoms with Crippen molar-refractivity contribution in [3.8, 4) is 0 Å². The number of aliphatic hydroxyl groups excluding tert-OH is 1. The van der Waals surface area contributed by atoms with Crippen LogP contribution in [-0.4, -0.2) is 96.7 Å². The Labute approximate surface area is 607 Å². The van der Waals surface area contributed by atoms with Gasteiger partial charge in [0.25, 0.3) is 0 Å². The summed E-state index contributed by atoms with van der Waals surface area (Å²) in [6, 6.07) is 0. The summed E-state index contributed by atoms with van der Waals surface area (Å²) in [5.41, 5.74) is 0. The molecule has 0 amide bonds. The molecule has 0 aromatic rings. The van der Waals surface area contributed by atoms with Crippen molar-refractivity contribution in [2.75, 3.05) is 39.6 Å². The van der Waals surface area contributed by atoms with E-state index >= 15 is 0 Å². The molecule has 0 aliphatic heterocycles. The van der Waals surface area contributed by atoms with Crippen LogP contribution in [-0.2, 0) is 65.4 Å². The van der Waals surface area contributed by atoms with Gasteiger partial charge in [-0.15, -0.1) is 0 Å². The van der Waals surface area contributed by atoms with E-state index in [1.807, 2.05) is 12.2 Å². The minimum atomic E-state index is -4.99. The molecule has 19 heteroatoms. The van der Waals surface area contributed by atoms with Crippen LogP contribution in [0.3, 0.4) is 0 Å². The van der Waals surface area contributed by atoms with Crippen molar-refractivity contribution in [1.82, 2.24) is 0 Å². The highest BCUT2D eigenvalue weighted by molar-refractivity contribution is 7.47. The van der Waals surface area contributed by atoms with E-state index in [0.29, 0.717) is 32.1 Å². The summed E-state index contributed by atoms with van der Waals surface area (Å²) in [6.45, 7) is 4.74. The highest BCUT2D eigenvalue weighted by Crippen LogP contribution is 2.45. The van der Waals surface area contributed by atoms with E-state index in [0.717, 1.165) is 135 Å². The number of esters is 4. The monoisotopic (exact) mass is 1450 g/mol. The highest BCUT2D eigenvalue weighted by atomic mass is 31.2. The van der Waals surface area contributed by atoms with Crippen LogP contribution in [0.4, 0.5) is 0 Å². The largest absolute Gasteiger partial charge is 0.472 e. The second-order valence-electron chi connectivity index (χ2n) is 26.3. The lowest BCUT2D eigenvalue weighted by atomic mass is 10.0. The molecule has 0 heterocycles. The molecule has 0 aromatic carbocycles. The molecule has 17 nitrogen and oxygen atoms in total. The zero-order valence-electron chi connectivity index (χ0n) is 63.1. The molecule has 0 radical (unpaired) electrons. The summed E-state index contributed by atoms with van der Waals surface area (Å²) in [5, 5.41) is 10.6. The summed E-state index contributed by atoms with van der Waals surface area (Å²) >= 11 is 0. The molecule has 5 atom stereocenters. The number of carbonyl (C=O) groups excluding carboxylic acids is 4. The van der Waals surface area contributed by atoms with E-state index in [1.165, 1.54) is 116 Å². The molecule has 0 aliphatic carbocycles. The maximum atomic E-state index is 13.1. The van der Waals surface area contributed by atoms with Crippen molar-refractivity contribution < 1.29 is 80.2 Å². The van der Waals surface area contributed by atoms with Gasteiger partial charge in [-0.1, -0.05) is 285 Å². The van der Waals surface area contributed by atoms with Crippen LogP contribution in [0.5, 0.6) is 0 Å². The van der Waals surface area contributed by atoms with Crippen LogP contribution in [0.15, 0.2) is 97.2 Å². The summed E-state index contributed by atoms with van der Waals surface area (Å²) < 4.78 is 68.5. The van der Waals surface area contributed by atoms with Crippen molar-refractivity contribution in [3.63, 3.8) is 0 Å². The quantitative estimate of drug-likeness (QED) is 0.0128. The van der Waals surface area contributed by atoms with Crippen LogP contribution in [0.2, 0.25) is 0 Å². The molecule has 0 bridgehead atoms. The summed E-state index contributed by atoms with van der Waals surface area (Å²) in [6.07, 6.45) is 76.8. The van der Waals surface area contributed by atoms with Gasteiger partial charge >= 0.3 is 39.5 Å². The summed E-state index contributed by atoms with van der Waals surface area (Å²) in [5.74, 6) is -2.26. The third-order valence-electron chi connectivity index (χ3n) is 16.5. The molecular weight excluding hydrogens is 1310 g/mol. The molecule has 0 saturated heterocycles. The van der Waals surface area contributed by atoms with Gasteiger partial charge in [-0.3, -0.25) is 37.3 Å². The van der Waals surface area contributed by atoms with Gasteiger partial charge in [0.15, 0.2) is 12.2 Å². The molecule has 0 rings (SSSR count). The maximum absolute atomic E-state index is 13.1. The average Bonchev–Trinajstić information content (AvgIpc) is 1.06. The summed E-state index contributed by atoms with van der Waals surface area (Å²) in [7, 11) is -9.97. The predicted octanol–water partition coefficient (Wildman–Crippen LogP) is 22.8. The Morgan fingerprint density at radius 2 is 0.530 bits per heavy atom. The lowest BCUT2D eigenvalue weighted by molar-refractivity contribution is -0.161.